The van der Waals surface area contributed by atoms with Crippen molar-refractivity contribution in [2.24, 2.45) is 4.99 Å². The zero-order chi connectivity index (χ0) is 18.2. The molecule has 1 aliphatic carbocycles. The van der Waals surface area contributed by atoms with Crippen LogP contribution >= 0.6 is 0 Å². The number of benzene rings is 1. The van der Waals surface area contributed by atoms with Crippen LogP contribution in [-0.2, 0) is 0 Å². The Kier molecular flexibility index (Phi) is 6.95. The zero-order valence-corrected chi connectivity index (χ0v) is 16.2. The lowest BCUT2D eigenvalue weighted by molar-refractivity contribution is 0.201. The first kappa shape index (κ1) is 18.8. The lowest BCUT2D eigenvalue weighted by Gasteiger charge is -2.38. The zero-order valence-electron chi connectivity index (χ0n) is 16.2. The summed E-state index contributed by atoms with van der Waals surface area (Å²) in [5, 5.41) is 6.93. The first-order valence-electron chi connectivity index (χ1n) is 10.00. The molecule has 1 atom stereocenters. The molecule has 142 valence electrons. The van der Waals surface area contributed by atoms with Gasteiger partial charge in [0.05, 0.1) is 6.54 Å². The number of anilines is 1. The molecular formula is C21H33N5. The van der Waals surface area contributed by atoms with E-state index in [1.54, 1.807) is 0 Å². The average molecular weight is 356 g/mol. The van der Waals surface area contributed by atoms with Gasteiger partial charge in [-0.3, -0.25) is 9.89 Å². The van der Waals surface area contributed by atoms with Gasteiger partial charge >= 0.3 is 0 Å². The van der Waals surface area contributed by atoms with Crippen molar-refractivity contribution in [1.29, 1.82) is 0 Å². The van der Waals surface area contributed by atoms with Crippen molar-refractivity contribution in [1.82, 2.24) is 15.5 Å². The van der Waals surface area contributed by atoms with E-state index in [0.717, 1.165) is 58.1 Å². The third-order valence-corrected chi connectivity index (χ3v) is 5.27. The molecule has 1 heterocycles. The van der Waals surface area contributed by atoms with E-state index in [4.69, 9.17) is 4.99 Å². The van der Waals surface area contributed by atoms with Crippen LogP contribution in [0.2, 0.25) is 0 Å². The molecule has 0 spiro atoms. The summed E-state index contributed by atoms with van der Waals surface area (Å²) in [6.45, 7) is 10.5. The Balaban J connectivity index is 1.47. The van der Waals surface area contributed by atoms with Gasteiger partial charge in [-0.1, -0.05) is 30.4 Å². The van der Waals surface area contributed by atoms with Crippen LogP contribution in [0.1, 0.15) is 26.7 Å². The SMILES string of the molecule is CCNC(=NCC(C)N1CCN(c2ccccc2)CC1)NC1CC=CC1. The predicted octanol–water partition coefficient (Wildman–Crippen LogP) is 2.47. The van der Waals surface area contributed by atoms with Gasteiger partial charge in [-0.25, -0.2) is 0 Å². The first-order valence-corrected chi connectivity index (χ1v) is 10.00. The van der Waals surface area contributed by atoms with Gasteiger partial charge in [0.15, 0.2) is 5.96 Å². The largest absolute Gasteiger partial charge is 0.369 e. The highest BCUT2D eigenvalue weighted by Crippen LogP contribution is 2.16. The van der Waals surface area contributed by atoms with Gasteiger partial charge in [-0.05, 0) is 38.8 Å². The second kappa shape index (κ2) is 9.62. The first-order chi connectivity index (χ1) is 12.8. The van der Waals surface area contributed by atoms with Crippen molar-refractivity contribution in [3.8, 4) is 0 Å². The molecule has 5 heteroatoms. The molecule has 1 fully saturated rings. The second-order valence-electron chi connectivity index (χ2n) is 7.21. The molecule has 26 heavy (non-hydrogen) atoms. The summed E-state index contributed by atoms with van der Waals surface area (Å²) < 4.78 is 0. The van der Waals surface area contributed by atoms with Gasteiger partial charge in [-0.2, -0.15) is 0 Å². The lowest BCUT2D eigenvalue weighted by atomic mass is 10.2. The fourth-order valence-electron chi connectivity index (χ4n) is 3.65. The van der Waals surface area contributed by atoms with Gasteiger partial charge in [-0.15, -0.1) is 0 Å². The van der Waals surface area contributed by atoms with E-state index in [1.807, 2.05) is 0 Å². The quantitative estimate of drug-likeness (QED) is 0.467. The number of rotatable bonds is 6. The van der Waals surface area contributed by atoms with Crippen molar-refractivity contribution >= 4 is 11.6 Å². The smallest absolute Gasteiger partial charge is 0.191 e. The lowest BCUT2D eigenvalue weighted by Crippen LogP contribution is -2.51. The minimum absolute atomic E-state index is 0.463. The van der Waals surface area contributed by atoms with Gasteiger partial charge in [0.1, 0.15) is 0 Å². The van der Waals surface area contributed by atoms with E-state index in [1.165, 1.54) is 5.69 Å². The number of piperazine rings is 1. The molecule has 1 aromatic carbocycles. The number of nitrogens with zero attached hydrogens (tertiary/aromatic N) is 3. The number of aliphatic imine (C=N–C) groups is 1. The monoisotopic (exact) mass is 355 g/mol. The van der Waals surface area contributed by atoms with E-state index in [9.17, 15) is 0 Å². The summed E-state index contributed by atoms with van der Waals surface area (Å²) in [6.07, 6.45) is 6.69. The molecule has 0 radical (unpaired) electrons. The average Bonchev–Trinajstić information content (AvgIpc) is 3.20. The maximum absolute atomic E-state index is 4.84. The van der Waals surface area contributed by atoms with Crippen LogP contribution in [0.15, 0.2) is 47.5 Å². The minimum atomic E-state index is 0.463. The molecule has 0 saturated carbocycles. The Bertz CT molecular complexity index is 582. The molecule has 0 amide bonds. The molecule has 1 aromatic rings. The van der Waals surface area contributed by atoms with Gasteiger partial charge < -0.3 is 15.5 Å². The predicted molar refractivity (Wildman–Crippen MR) is 111 cm³/mol. The molecule has 1 saturated heterocycles. The summed E-state index contributed by atoms with van der Waals surface area (Å²) in [5.74, 6) is 0.955. The Hall–Kier alpha value is -2.01. The Morgan fingerprint density at radius 2 is 1.81 bits per heavy atom. The summed E-state index contributed by atoms with van der Waals surface area (Å²) in [5.41, 5.74) is 1.33. The Morgan fingerprint density at radius 3 is 2.46 bits per heavy atom. The molecule has 0 bridgehead atoms. The van der Waals surface area contributed by atoms with E-state index in [-0.39, 0.29) is 0 Å². The number of guanidine groups is 1. The fraction of sp³-hybridized carbons (Fsp3) is 0.571. The third-order valence-electron chi connectivity index (χ3n) is 5.27. The minimum Gasteiger partial charge on any atom is -0.369 e. The summed E-state index contributed by atoms with van der Waals surface area (Å²) in [4.78, 5) is 9.88. The summed E-state index contributed by atoms with van der Waals surface area (Å²) in [7, 11) is 0. The Labute approximate surface area is 158 Å². The Morgan fingerprint density at radius 1 is 1.12 bits per heavy atom. The van der Waals surface area contributed by atoms with Crippen LogP contribution in [-0.4, -0.2) is 62.2 Å². The highest BCUT2D eigenvalue weighted by atomic mass is 15.3. The van der Waals surface area contributed by atoms with Gasteiger partial charge in [0.2, 0.25) is 0 Å². The molecule has 1 unspecified atom stereocenters. The number of para-hydroxylation sites is 1. The van der Waals surface area contributed by atoms with Crippen molar-refractivity contribution in [3.63, 3.8) is 0 Å². The van der Waals surface area contributed by atoms with Gasteiger partial charge in [0, 0.05) is 50.5 Å². The van der Waals surface area contributed by atoms with Crippen LogP contribution in [0.5, 0.6) is 0 Å². The fourth-order valence-corrected chi connectivity index (χ4v) is 3.65. The molecular weight excluding hydrogens is 322 g/mol. The van der Waals surface area contributed by atoms with Crippen LogP contribution in [0, 0.1) is 0 Å². The summed E-state index contributed by atoms with van der Waals surface area (Å²) >= 11 is 0. The van der Waals surface area contributed by atoms with Crippen LogP contribution in [0.4, 0.5) is 5.69 Å². The van der Waals surface area contributed by atoms with Gasteiger partial charge in [0.25, 0.3) is 0 Å². The van der Waals surface area contributed by atoms with Crippen molar-refractivity contribution in [3.05, 3.63) is 42.5 Å². The van der Waals surface area contributed by atoms with E-state index in [0.29, 0.717) is 12.1 Å². The molecule has 2 N–H and O–H groups in total. The standard InChI is InChI=1S/C21H33N5/c1-3-22-21(24-19-9-7-8-10-19)23-17-18(2)25-13-15-26(16-14-25)20-11-5-4-6-12-20/h4-8,11-12,18-19H,3,9-10,13-17H2,1-2H3,(H2,22,23,24). The third kappa shape index (κ3) is 5.24. The van der Waals surface area contributed by atoms with Crippen molar-refractivity contribution in [2.45, 2.75) is 38.8 Å². The van der Waals surface area contributed by atoms with E-state index < -0.39 is 0 Å². The molecule has 1 aliphatic heterocycles. The van der Waals surface area contributed by atoms with E-state index in [2.05, 4.69) is 76.8 Å². The second-order valence-corrected chi connectivity index (χ2v) is 7.21. The van der Waals surface area contributed by atoms with E-state index >= 15 is 0 Å². The number of hydrogen-bond donors (Lipinski definition) is 2. The normalized spacial score (nSPS) is 20.4. The van der Waals surface area contributed by atoms with Crippen molar-refractivity contribution < 1.29 is 0 Å². The van der Waals surface area contributed by atoms with Crippen LogP contribution < -0.4 is 15.5 Å². The van der Waals surface area contributed by atoms with Crippen LogP contribution in [0.25, 0.3) is 0 Å². The van der Waals surface area contributed by atoms with Crippen LogP contribution in [0.3, 0.4) is 0 Å². The molecule has 5 nitrogen and oxygen atoms in total. The topological polar surface area (TPSA) is 42.9 Å². The maximum atomic E-state index is 4.84. The summed E-state index contributed by atoms with van der Waals surface area (Å²) in [6, 6.07) is 11.7. The highest BCUT2D eigenvalue weighted by molar-refractivity contribution is 5.80. The number of hydrogen-bond acceptors (Lipinski definition) is 3. The van der Waals surface area contributed by atoms with Crippen molar-refractivity contribution in [2.75, 3.05) is 44.2 Å². The molecule has 3 rings (SSSR count). The molecule has 0 aromatic heterocycles. The number of nitrogens with one attached hydrogen (secondary N) is 2. The highest BCUT2D eigenvalue weighted by Gasteiger charge is 2.21. The maximum Gasteiger partial charge on any atom is 0.191 e. The molecule has 2 aliphatic rings.